The Kier molecular flexibility index (Phi) is 4.28. The molecule has 0 bridgehead atoms. The van der Waals surface area contributed by atoms with E-state index in [0.717, 1.165) is 41.8 Å². The van der Waals surface area contributed by atoms with Crippen molar-refractivity contribution < 1.29 is 4.79 Å². The minimum atomic E-state index is -0.0782. The summed E-state index contributed by atoms with van der Waals surface area (Å²) in [6.07, 6.45) is 3.70. The molecule has 2 aromatic heterocycles. The molecule has 6 nitrogen and oxygen atoms in total. The van der Waals surface area contributed by atoms with Gasteiger partial charge in [0.1, 0.15) is 0 Å². The average Bonchev–Trinajstić information content (AvgIpc) is 3.10. The molecule has 25 heavy (non-hydrogen) atoms. The van der Waals surface area contributed by atoms with Crippen molar-refractivity contribution in [3.05, 3.63) is 47.7 Å². The zero-order chi connectivity index (χ0) is 17.2. The van der Waals surface area contributed by atoms with Gasteiger partial charge in [0.15, 0.2) is 11.0 Å². The van der Waals surface area contributed by atoms with Gasteiger partial charge in [-0.1, -0.05) is 17.7 Å². The van der Waals surface area contributed by atoms with E-state index in [9.17, 15) is 4.79 Å². The van der Waals surface area contributed by atoms with Gasteiger partial charge in [-0.3, -0.25) is 4.79 Å². The maximum Gasteiger partial charge on any atom is 0.229 e. The van der Waals surface area contributed by atoms with Crippen LogP contribution in [0.25, 0.3) is 10.9 Å². The van der Waals surface area contributed by atoms with E-state index in [1.54, 1.807) is 6.07 Å². The van der Waals surface area contributed by atoms with E-state index in [1.165, 1.54) is 0 Å². The summed E-state index contributed by atoms with van der Waals surface area (Å²) >= 11 is 5.79. The summed E-state index contributed by atoms with van der Waals surface area (Å²) in [5, 5.41) is 12.5. The van der Waals surface area contributed by atoms with Crippen molar-refractivity contribution in [1.82, 2.24) is 15.2 Å². The summed E-state index contributed by atoms with van der Waals surface area (Å²) < 4.78 is 0. The topological polar surface area (TPSA) is 73.9 Å². The third kappa shape index (κ3) is 3.44. The van der Waals surface area contributed by atoms with Crippen molar-refractivity contribution in [1.29, 1.82) is 0 Å². The van der Waals surface area contributed by atoms with Gasteiger partial charge in [-0.15, -0.1) is 10.2 Å². The quantitative estimate of drug-likeness (QED) is 0.754. The third-order valence-corrected chi connectivity index (χ3v) is 4.76. The summed E-state index contributed by atoms with van der Waals surface area (Å²) in [6.45, 7) is 1.50. The molecule has 1 atom stereocenters. The Morgan fingerprint density at radius 3 is 3.00 bits per heavy atom. The Bertz CT molecular complexity index is 892. The van der Waals surface area contributed by atoms with Gasteiger partial charge in [-0.25, -0.2) is 0 Å². The molecule has 1 fully saturated rings. The van der Waals surface area contributed by atoms with Gasteiger partial charge in [-0.05, 0) is 48.6 Å². The number of benzene rings is 1. The van der Waals surface area contributed by atoms with Crippen LogP contribution in [0.5, 0.6) is 0 Å². The number of rotatable bonds is 3. The second-order valence-electron chi connectivity index (χ2n) is 6.27. The molecule has 0 saturated carbocycles. The Morgan fingerprint density at radius 1 is 1.24 bits per heavy atom. The van der Waals surface area contributed by atoms with E-state index in [2.05, 4.69) is 25.4 Å². The van der Waals surface area contributed by atoms with Gasteiger partial charge >= 0.3 is 0 Å². The zero-order valence-corrected chi connectivity index (χ0v) is 14.3. The van der Waals surface area contributed by atoms with Gasteiger partial charge in [0.05, 0.1) is 5.92 Å². The number of nitrogens with one attached hydrogen (secondary N) is 2. The molecule has 0 spiro atoms. The second-order valence-corrected chi connectivity index (χ2v) is 6.66. The predicted octanol–water partition coefficient (Wildman–Crippen LogP) is 3.47. The number of anilines is 2. The maximum atomic E-state index is 12.7. The van der Waals surface area contributed by atoms with E-state index < -0.39 is 0 Å². The van der Waals surface area contributed by atoms with Gasteiger partial charge < -0.3 is 15.2 Å². The van der Waals surface area contributed by atoms with Crippen LogP contribution in [0.1, 0.15) is 12.8 Å². The number of amides is 1. The lowest BCUT2D eigenvalue weighted by Gasteiger charge is -2.32. The first kappa shape index (κ1) is 15.9. The van der Waals surface area contributed by atoms with Crippen molar-refractivity contribution in [3.8, 4) is 0 Å². The van der Waals surface area contributed by atoms with Crippen molar-refractivity contribution >= 4 is 39.9 Å². The summed E-state index contributed by atoms with van der Waals surface area (Å²) in [4.78, 5) is 17.9. The van der Waals surface area contributed by atoms with E-state index in [0.29, 0.717) is 11.7 Å². The molecule has 1 aliphatic heterocycles. The van der Waals surface area contributed by atoms with Crippen LogP contribution in [-0.2, 0) is 4.79 Å². The molecule has 128 valence electrons. The normalized spacial score (nSPS) is 17.6. The first-order chi connectivity index (χ1) is 12.2. The van der Waals surface area contributed by atoms with Crippen LogP contribution in [0.3, 0.4) is 0 Å². The Balaban J connectivity index is 1.45. The minimum absolute atomic E-state index is 0.0394. The Hall–Kier alpha value is -2.60. The van der Waals surface area contributed by atoms with Crippen LogP contribution in [0.2, 0.25) is 5.15 Å². The second kappa shape index (κ2) is 6.72. The van der Waals surface area contributed by atoms with Gasteiger partial charge in [0, 0.05) is 30.5 Å². The van der Waals surface area contributed by atoms with Crippen LogP contribution < -0.4 is 10.2 Å². The molecular formula is C18H18ClN5O. The number of hydrogen-bond donors (Lipinski definition) is 2. The van der Waals surface area contributed by atoms with Crippen LogP contribution in [0, 0.1) is 5.92 Å². The number of hydrogen-bond acceptors (Lipinski definition) is 4. The number of piperidine rings is 1. The average molecular weight is 356 g/mol. The fraction of sp³-hybridized carbons (Fsp3) is 0.278. The molecule has 4 rings (SSSR count). The zero-order valence-electron chi connectivity index (χ0n) is 13.6. The third-order valence-electron chi connectivity index (χ3n) is 4.56. The number of carbonyl (C=O) groups excluding carboxylic acids is 1. The van der Waals surface area contributed by atoms with E-state index in [4.69, 9.17) is 11.6 Å². The molecule has 3 aromatic rings. The number of H-pyrrole nitrogens is 1. The first-order valence-electron chi connectivity index (χ1n) is 8.31. The maximum absolute atomic E-state index is 12.7. The van der Waals surface area contributed by atoms with Gasteiger partial charge in [-0.2, -0.15) is 0 Å². The molecule has 1 unspecified atom stereocenters. The lowest BCUT2D eigenvalue weighted by atomic mass is 9.97. The van der Waals surface area contributed by atoms with Crippen LogP contribution in [-0.4, -0.2) is 34.2 Å². The molecule has 3 heterocycles. The summed E-state index contributed by atoms with van der Waals surface area (Å²) in [6, 6.07) is 11.5. The summed E-state index contributed by atoms with van der Waals surface area (Å²) in [5.41, 5.74) is 1.82. The number of halogens is 1. The highest BCUT2D eigenvalue weighted by atomic mass is 35.5. The SMILES string of the molecule is O=C(Nc1ccc2cc[nH]c2c1)C1CCCN(c2ccc(Cl)nn2)C1. The largest absolute Gasteiger partial charge is 0.361 e. The van der Waals surface area contributed by atoms with E-state index in [1.807, 2.05) is 36.5 Å². The van der Waals surface area contributed by atoms with Crippen molar-refractivity contribution in [2.45, 2.75) is 12.8 Å². The molecule has 0 aliphatic carbocycles. The van der Waals surface area contributed by atoms with Gasteiger partial charge in [0.2, 0.25) is 5.91 Å². The number of carbonyl (C=O) groups is 1. The molecule has 1 saturated heterocycles. The van der Waals surface area contributed by atoms with Crippen LogP contribution in [0.15, 0.2) is 42.6 Å². The fourth-order valence-electron chi connectivity index (χ4n) is 3.25. The Labute approximate surface area is 150 Å². The van der Waals surface area contributed by atoms with Crippen molar-refractivity contribution in [2.24, 2.45) is 5.92 Å². The lowest BCUT2D eigenvalue weighted by molar-refractivity contribution is -0.120. The van der Waals surface area contributed by atoms with Crippen molar-refractivity contribution in [3.63, 3.8) is 0 Å². The highest BCUT2D eigenvalue weighted by Crippen LogP contribution is 2.24. The molecule has 0 radical (unpaired) electrons. The minimum Gasteiger partial charge on any atom is -0.361 e. The van der Waals surface area contributed by atoms with Crippen LogP contribution in [0.4, 0.5) is 11.5 Å². The predicted molar refractivity (Wildman–Crippen MR) is 98.9 cm³/mol. The molecule has 1 aromatic carbocycles. The van der Waals surface area contributed by atoms with E-state index in [-0.39, 0.29) is 11.8 Å². The monoisotopic (exact) mass is 355 g/mol. The number of aromatic amines is 1. The lowest BCUT2D eigenvalue weighted by Crippen LogP contribution is -2.41. The standard InChI is InChI=1S/C18H18ClN5O/c19-16-5-6-17(23-22-16)24-9-1-2-13(11-24)18(25)21-14-4-3-12-7-8-20-15(12)10-14/h3-8,10,13,20H,1-2,9,11H2,(H,21,25). The fourth-order valence-corrected chi connectivity index (χ4v) is 3.35. The molecule has 7 heteroatoms. The highest BCUT2D eigenvalue weighted by Gasteiger charge is 2.26. The summed E-state index contributed by atoms with van der Waals surface area (Å²) in [5.74, 6) is 0.720. The molecule has 1 amide bonds. The molecule has 1 aliphatic rings. The Morgan fingerprint density at radius 2 is 2.16 bits per heavy atom. The first-order valence-corrected chi connectivity index (χ1v) is 8.69. The number of nitrogens with zero attached hydrogens (tertiary/aromatic N) is 3. The summed E-state index contributed by atoms with van der Waals surface area (Å²) in [7, 11) is 0. The molecular weight excluding hydrogens is 338 g/mol. The van der Waals surface area contributed by atoms with Gasteiger partial charge in [0.25, 0.3) is 0 Å². The highest BCUT2D eigenvalue weighted by molar-refractivity contribution is 6.29. The van der Waals surface area contributed by atoms with Crippen LogP contribution >= 0.6 is 11.6 Å². The van der Waals surface area contributed by atoms with Crippen molar-refractivity contribution in [2.75, 3.05) is 23.3 Å². The van der Waals surface area contributed by atoms with E-state index >= 15 is 0 Å². The number of aromatic nitrogens is 3. The number of fused-ring (bicyclic) bond motifs is 1. The smallest absolute Gasteiger partial charge is 0.229 e. The molecule has 2 N–H and O–H groups in total.